The first-order valence-corrected chi connectivity index (χ1v) is 9.14. The Morgan fingerprint density at radius 2 is 1.79 bits per heavy atom. The van der Waals surface area contributed by atoms with Gasteiger partial charge in [-0.1, -0.05) is 68.8 Å². The van der Waals surface area contributed by atoms with Crippen molar-refractivity contribution in [3.8, 4) is 0 Å². The molecule has 0 saturated heterocycles. The monoisotopic (exact) mass is 337 g/mol. The summed E-state index contributed by atoms with van der Waals surface area (Å²) in [6, 6.07) is 15.7. The summed E-state index contributed by atoms with van der Waals surface area (Å²) in [5, 5.41) is 4.59. The predicted molar refractivity (Wildman–Crippen MR) is 103 cm³/mol. The van der Waals surface area contributed by atoms with Crippen LogP contribution in [0.2, 0.25) is 5.02 Å². The molecule has 2 aromatic rings. The van der Waals surface area contributed by atoms with Crippen molar-refractivity contribution in [2.24, 2.45) is 5.92 Å². The molecule has 0 unspecified atom stereocenters. The lowest BCUT2D eigenvalue weighted by atomic mass is 9.76. The van der Waals surface area contributed by atoms with E-state index in [2.05, 4.69) is 74.6 Å². The Balaban J connectivity index is 1.71. The molecule has 0 aromatic heterocycles. The number of halogens is 1. The van der Waals surface area contributed by atoms with Crippen molar-refractivity contribution in [2.45, 2.75) is 44.6 Å². The van der Waals surface area contributed by atoms with E-state index in [0.717, 1.165) is 11.4 Å². The van der Waals surface area contributed by atoms with Gasteiger partial charge in [0.25, 0.3) is 0 Å². The summed E-state index contributed by atoms with van der Waals surface area (Å²) >= 11 is 6.23. The highest BCUT2D eigenvalue weighted by molar-refractivity contribution is 6.30. The van der Waals surface area contributed by atoms with Crippen LogP contribution in [0.3, 0.4) is 0 Å². The number of anilines is 1. The van der Waals surface area contributed by atoms with Crippen molar-refractivity contribution in [1.82, 2.24) is 0 Å². The third kappa shape index (κ3) is 2.65. The van der Waals surface area contributed by atoms with Crippen LogP contribution >= 0.6 is 11.6 Å². The van der Waals surface area contributed by atoms with Crippen molar-refractivity contribution in [1.29, 1.82) is 0 Å². The van der Waals surface area contributed by atoms with Gasteiger partial charge in [0.05, 0.1) is 6.04 Å². The predicted octanol–water partition coefficient (Wildman–Crippen LogP) is 6.46. The van der Waals surface area contributed by atoms with Gasteiger partial charge in [0, 0.05) is 16.6 Å². The minimum Gasteiger partial charge on any atom is -0.378 e. The van der Waals surface area contributed by atoms with Crippen molar-refractivity contribution < 1.29 is 0 Å². The molecule has 1 heterocycles. The van der Waals surface area contributed by atoms with Crippen LogP contribution in [-0.4, -0.2) is 0 Å². The van der Waals surface area contributed by atoms with Gasteiger partial charge >= 0.3 is 0 Å². The van der Waals surface area contributed by atoms with Gasteiger partial charge in [0.1, 0.15) is 0 Å². The highest BCUT2D eigenvalue weighted by atomic mass is 35.5. The fraction of sp³-hybridized carbons (Fsp3) is 0.364. The molecule has 1 nitrogen and oxygen atoms in total. The molecule has 2 heteroatoms. The average molecular weight is 338 g/mol. The summed E-state index contributed by atoms with van der Waals surface area (Å²) in [6.45, 7) is 6.79. The molecular formula is C22H24ClN. The molecule has 124 valence electrons. The lowest BCUT2D eigenvalue weighted by Crippen LogP contribution is -2.29. The highest BCUT2D eigenvalue weighted by Crippen LogP contribution is 2.50. The molecule has 0 fully saturated rings. The van der Waals surface area contributed by atoms with Gasteiger partial charge in [-0.25, -0.2) is 0 Å². The Kier molecular flexibility index (Phi) is 3.73. The van der Waals surface area contributed by atoms with E-state index in [-0.39, 0.29) is 5.41 Å². The van der Waals surface area contributed by atoms with Crippen LogP contribution in [0.25, 0.3) is 0 Å². The van der Waals surface area contributed by atoms with E-state index in [1.807, 2.05) is 6.07 Å². The minimum atomic E-state index is 0.194. The number of hydrogen-bond acceptors (Lipinski definition) is 1. The molecule has 1 aliphatic heterocycles. The highest BCUT2D eigenvalue weighted by Gasteiger charge is 2.37. The normalized spacial score (nSPS) is 25.1. The molecule has 0 radical (unpaired) electrons. The number of hydrogen-bond donors (Lipinski definition) is 1. The first-order valence-electron chi connectivity index (χ1n) is 8.76. The molecule has 4 rings (SSSR count). The molecule has 3 atom stereocenters. The second-order valence-electron chi connectivity index (χ2n) is 8.08. The van der Waals surface area contributed by atoms with E-state index < -0.39 is 0 Å². The van der Waals surface area contributed by atoms with E-state index in [9.17, 15) is 0 Å². The lowest BCUT2D eigenvalue weighted by molar-refractivity contribution is 0.425. The molecule has 0 saturated carbocycles. The van der Waals surface area contributed by atoms with Gasteiger partial charge in [-0.2, -0.15) is 0 Å². The topological polar surface area (TPSA) is 12.0 Å². The summed E-state index contributed by atoms with van der Waals surface area (Å²) in [4.78, 5) is 0. The summed E-state index contributed by atoms with van der Waals surface area (Å²) in [6.07, 6.45) is 5.80. The maximum atomic E-state index is 6.23. The Labute approximate surface area is 149 Å². The Hall–Kier alpha value is -1.73. The first-order chi connectivity index (χ1) is 11.4. The first kappa shape index (κ1) is 15.8. The van der Waals surface area contributed by atoms with Crippen LogP contribution in [0, 0.1) is 5.92 Å². The third-order valence-corrected chi connectivity index (χ3v) is 5.70. The minimum absolute atomic E-state index is 0.194. The van der Waals surface area contributed by atoms with Crippen molar-refractivity contribution in [3.05, 3.63) is 76.3 Å². The van der Waals surface area contributed by atoms with Crippen LogP contribution in [-0.2, 0) is 5.41 Å². The largest absolute Gasteiger partial charge is 0.378 e. The Morgan fingerprint density at radius 3 is 2.50 bits per heavy atom. The maximum absolute atomic E-state index is 6.23. The van der Waals surface area contributed by atoms with E-state index in [0.29, 0.717) is 17.9 Å². The number of allylic oxidation sites excluding steroid dienone is 2. The number of rotatable bonds is 1. The molecule has 2 aliphatic rings. The van der Waals surface area contributed by atoms with E-state index in [4.69, 9.17) is 11.6 Å². The zero-order chi connectivity index (χ0) is 16.9. The van der Waals surface area contributed by atoms with Crippen LogP contribution in [0.5, 0.6) is 0 Å². The molecule has 1 N–H and O–H groups in total. The van der Waals surface area contributed by atoms with Crippen molar-refractivity contribution in [3.63, 3.8) is 0 Å². The Bertz CT molecular complexity index is 783. The van der Waals surface area contributed by atoms with Crippen LogP contribution < -0.4 is 5.32 Å². The fourth-order valence-corrected chi connectivity index (χ4v) is 4.27. The van der Waals surface area contributed by atoms with Gasteiger partial charge in [-0.05, 0) is 52.6 Å². The molecule has 0 amide bonds. The third-order valence-electron chi connectivity index (χ3n) is 5.46. The zero-order valence-electron chi connectivity index (χ0n) is 14.5. The second kappa shape index (κ2) is 5.67. The van der Waals surface area contributed by atoms with E-state index in [1.165, 1.54) is 22.4 Å². The number of benzene rings is 2. The summed E-state index contributed by atoms with van der Waals surface area (Å²) in [7, 11) is 0. The van der Waals surface area contributed by atoms with Gasteiger partial charge in [0.15, 0.2) is 0 Å². The van der Waals surface area contributed by atoms with E-state index in [1.54, 1.807) is 0 Å². The molecule has 1 aliphatic carbocycles. The Morgan fingerprint density at radius 1 is 1.04 bits per heavy atom. The van der Waals surface area contributed by atoms with Crippen LogP contribution in [0.15, 0.2) is 54.6 Å². The molecule has 0 spiro atoms. The standard InChI is InChI=1S/C22H24ClN/c1-22(2,3)15-9-7-14(8-10-15)21-18-6-4-5-17(18)19-13-16(23)11-12-20(19)24-21/h4-5,7-13,17-18,21,24H,6H2,1-3H3/t17-,18-,21-/m0/s1. The fourth-order valence-electron chi connectivity index (χ4n) is 4.09. The summed E-state index contributed by atoms with van der Waals surface area (Å²) in [5.41, 5.74) is 5.51. The second-order valence-corrected chi connectivity index (χ2v) is 8.52. The van der Waals surface area contributed by atoms with Gasteiger partial charge in [0.2, 0.25) is 0 Å². The van der Waals surface area contributed by atoms with E-state index >= 15 is 0 Å². The van der Waals surface area contributed by atoms with Crippen molar-refractivity contribution >= 4 is 17.3 Å². The van der Waals surface area contributed by atoms with Crippen molar-refractivity contribution in [2.75, 3.05) is 5.32 Å². The van der Waals surface area contributed by atoms with Gasteiger partial charge in [-0.15, -0.1) is 0 Å². The molecule has 2 aromatic carbocycles. The van der Waals surface area contributed by atoms with Gasteiger partial charge in [-0.3, -0.25) is 0 Å². The van der Waals surface area contributed by atoms with Gasteiger partial charge < -0.3 is 5.32 Å². The summed E-state index contributed by atoms with van der Waals surface area (Å²) in [5.74, 6) is 1.03. The van der Waals surface area contributed by atoms with Crippen LogP contribution in [0.1, 0.15) is 55.8 Å². The zero-order valence-corrected chi connectivity index (χ0v) is 15.3. The maximum Gasteiger partial charge on any atom is 0.0553 e. The SMILES string of the molecule is CC(C)(C)c1ccc([C@@H]2Nc3ccc(Cl)cc3[C@H]3C=CC[C@@H]32)cc1. The summed E-state index contributed by atoms with van der Waals surface area (Å²) < 4.78 is 0. The average Bonchev–Trinajstić information content (AvgIpc) is 3.03. The smallest absolute Gasteiger partial charge is 0.0553 e. The molecule has 0 bridgehead atoms. The van der Waals surface area contributed by atoms with Crippen LogP contribution in [0.4, 0.5) is 5.69 Å². The lowest BCUT2D eigenvalue weighted by Gasteiger charge is -2.37. The quantitative estimate of drug-likeness (QED) is 0.588. The molecule has 24 heavy (non-hydrogen) atoms. The molecular weight excluding hydrogens is 314 g/mol. The number of nitrogens with one attached hydrogen (secondary N) is 1. The number of fused-ring (bicyclic) bond motifs is 3.